The van der Waals surface area contributed by atoms with Crippen molar-refractivity contribution in [2.75, 3.05) is 52.8 Å². The third kappa shape index (κ3) is 7.24. The van der Waals surface area contributed by atoms with Crippen LogP contribution in [0.2, 0.25) is 10.0 Å². The molecule has 0 bridgehead atoms. The van der Waals surface area contributed by atoms with Crippen LogP contribution in [-0.2, 0) is 12.0 Å². The molecule has 2 unspecified atom stereocenters. The van der Waals surface area contributed by atoms with E-state index < -0.39 is 0 Å². The topological polar surface area (TPSA) is 94.0 Å². The fourth-order valence-corrected chi connectivity index (χ4v) is 8.07. The zero-order chi connectivity index (χ0) is 36.2. The Hall–Kier alpha value is -4.51. The number of para-hydroxylation sites is 2. The lowest BCUT2D eigenvalue weighted by Crippen LogP contribution is -2.47. The van der Waals surface area contributed by atoms with Crippen molar-refractivity contribution in [3.05, 3.63) is 106 Å². The summed E-state index contributed by atoms with van der Waals surface area (Å²) in [6, 6.07) is 23.6. The van der Waals surface area contributed by atoms with Crippen molar-refractivity contribution >= 4 is 46.1 Å². The predicted octanol–water partition coefficient (Wildman–Crippen LogP) is 7.91. The zero-order valence-electron chi connectivity index (χ0n) is 29.8. The van der Waals surface area contributed by atoms with Crippen LogP contribution in [0, 0.1) is 0 Å². The van der Waals surface area contributed by atoms with Crippen molar-refractivity contribution in [2.45, 2.75) is 50.2 Å². The van der Waals surface area contributed by atoms with Gasteiger partial charge < -0.3 is 29.0 Å². The Labute approximate surface area is 314 Å². The Bertz CT molecular complexity index is 2020. The van der Waals surface area contributed by atoms with Crippen molar-refractivity contribution in [1.29, 1.82) is 0 Å². The molecule has 2 saturated heterocycles. The van der Waals surface area contributed by atoms with Crippen molar-refractivity contribution in [3.63, 3.8) is 0 Å². The number of carbonyl (C=O) groups excluding carboxylic acids is 1. The molecule has 52 heavy (non-hydrogen) atoms. The Balaban J connectivity index is 1.15. The molecule has 0 aliphatic carbocycles. The number of aromatic nitrogens is 3. The van der Waals surface area contributed by atoms with E-state index in [0.29, 0.717) is 52.5 Å². The Morgan fingerprint density at radius 2 is 1.71 bits per heavy atom. The number of nitrogens with one attached hydrogen (secondary N) is 1. The SMILES string of the molecule is COc1cc(C(=O)N2CCC(CCN3CCCCC3Nc3nc4ccccc4n3Cc3ccccn3)(c3ccc(Cl)c(Cl)c3)C2)cc(OC)c1OC. The molecule has 272 valence electrons. The van der Waals surface area contributed by atoms with Gasteiger partial charge in [-0.3, -0.25) is 14.7 Å². The van der Waals surface area contributed by atoms with E-state index in [1.807, 2.05) is 47.5 Å². The molecule has 5 aromatic rings. The number of ether oxygens (including phenoxy) is 3. The number of rotatable bonds is 12. The first-order valence-electron chi connectivity index (χ1n) is 17.7. The van der Waals surface area contributed by atoms with Gasteiger partial charge in [0.25, 0.3) is 5.91 Å². The van der Waals surface area contributed by atoms with Gasteiger partial charge in [0.05, 0.1) is 60.8 Å². The highest BCUT2D eigenvalue weighted by molar-refractivity contribution is 6.42. The van der Waals surface area contributed by atoms with Crippen molar-refractivity contribution < 1.29 is 19.0 Å². The molecule has 2 aliphatic rings. The highest BCUT2D eigenvalue weighted by Gasteiger charge is 2.42. The summed E-state index contributed by atoms with van der Waals surface area (Å²) in [4.78, 5) is 28.2. The fourth-order valence-electron chi connectivity index (χ4n) is 7.77. The maximum Gasteiger partial charge on any atom is 0.254 e. The van der Waals surface area contributed by atoms with E-state index in [0.717, 1.165) is 73.4 Å². The number of imidazole rings is 1. The number of piperidine rings is 1. The van der Waals surface area contributed by atoms with Gasteiger partial charge in [-0.1, -0.05) is 47.5 Å². The number of benzene rings is 3. The van der Waals surface area contributed by atoms with Gasteiger partial charge >= 0.3 is 0 Å². The first-order valence-corrected chi connectivity index (χ1v) is 18.5. The van der Waals surface area contributed by atoms with Crippen LogP contribution < -0.4 is 19.5 Å². The number of pyridine rings is 1. The minimum Gasteiger partial charge on any atom is -0.493 e. The van der Waals surface area contributed by atoms with E-state index in [1.54, 1.807) is 33.5 Å². The monoisotopic (exact) mass is 742 g/mol. The fraction of sp³-hybridized carbons (Fsp3) is 0.375. The molecule has 2 aromatic heterocycles. The van der Waals surface area contributed by atoms with E-state index in [9.17, 15) is 4.79 Å². The molecular weight excluding hydrogens is 699 g/mol. The number of nitrogens with zero attached hydrogens (tertiary/aromatic N) is 5. The Kier molecular flexibility index (Phi) is 10.8. The van der Waals surface area contributed by atoms with E-state index in [4.69, 9.17) is 42.4 Å². The third-order valence-corrected chi connectivity index (χ3v) is 11.3. The van der Waals surface area contributed by atoms with Gasteiger partial charge in [-0.05, 0) is 86.2 Å². The molecule has 0 saturated carbocycles. The number of fused-ring (bicyclic) bond motifs is 1. The number of hydrogen-bond donors (Lipinski definition) is 1. The summed E-state index contributed by atoms with van der Waals surface area (Å²) in [5.74, 6) is 2.08. The molecule has 3 aromatic carbocycles. The lowest BCUT2D eigenvalue weighted by molar-refractivity contribution is 0.0777. The number of amides is 1. The summed E-state index contributed by atoms with van der Waals surface area (Å²) in [6.45, 7) is 3.53. The van der Waals surface area contributed by atoms with Gasteiger partial charge in [0, 0.05) is 43.4 Å². The lowest BCUT2D eigenvalue weighted by Gasteiger charge is -2.39. The van der Waals surface area contributed by atoms with Crippen molar-refractivity contribution in [2.24, 2.45) is 0 Å². The van der Waals surface area contributed by atoms with Crippen LogP contribution in [-0.4, -0.2) is 83.9 Å². The standard InChI is InChI=1S/C40H44Cl2N6O4/c1-50-34-22-27(23-35(51-2)37(34)52-3)38(49)47-21-17-40(26-47,28-14-15-30(41)31(42)24-28)16-20-46-19-9-7-13-36(46)45-39-44-32-11-4-5-12-33(32)48(39)25-29-10-6-8-18-43-29/h4-6,8,10-12,14-15,18,22-24,36H,7,9,13,16-17,19-21,25-26H2,1-3H3,(H,44,45). The molecule has 4 heterocycles. The van der Waals surface area contributed by atoms with Crippen LogP contribution in [0.3, 0.4) is 0 Å². The van der Waals surface area contributed by atoms with Crippen molar-refractivity contribution in [1.82, 2.24) is 24.3 Å². The summed E-state index contributed by atoms with van der Waals surface area (Å²) in [7, 11) is 4.65. The summed E-state index contributed by atoms with van der Waals surface area (Å²) < 4.78 is 18.8. The Morgan fingerprint density at radius 1 is 0.923 bits per heavy atom. The Morgan fingerprint density at radius 3 is 2.44 bits per heavy atom. The highest BCUT2D eigenvalue weighted by Crippen LogP contribution is 2.43. The van der Waals surface area contributed by atoms with Crippen LogP contribution in [0.4, 0.5) is 5.95 Å². The first kappa shape index (κ1) is 35.9. The van der Waals surface area contributed by atoms with Gasteiger partial charge in [-0.25, -0.2) is 4.98 Å². The van der Waals surface area contributed by atoms with E-state index in [2.05, 4.69) is 44.0 Å². The number of carbonyl (C=O) groups is 1. The van der Waals surface area contributed by atoms with Crippen LogP contribution in [0.5, 0.6) is 17.2 Å². The summed E-state index contributed by atoms with van der Waals surface area (Å²) in [6.07, 6.45) is 6.78. The smallest absolute Gasteiger partial charge is 0.254 e. The molecular formula is C40H44Cl2N6O4. The molecule has 2 aliphatic heterocycles. The van der Waals surface area contributed by atoms with Gasteiger partial charge in [0.2, 0.25) is 11.7 Å². The van der Waals surface area contributed by atoms with Gasteiger partial charge in [-0.15, -0.1) is 0 Å². The van der Waals surface area contributed by atoms with Gasteiger partial charge in [-0.2, -0.15) is 0 Å². The summed E-state index contributed by atoms with van der Waals surface area (Å²) >= 11 is 13.0. The summed E-state index contributed by atoms with van der Waals surface area (Å²) in [5.41, 5.74) is 4.22. The van der Waals surface area contributed by atoms with Gasteiger partial charge in [0.15, 0.2) is 11.5 Å². The van der Waals surface area contributed by atoms with Gasteiger partial charge in [0.1, 0.15) is 0 Å². The number of hydrogen-bond acceptors (Lipinski definition) is 8. The number of methoxy groups -OCH3 is 3. The van der Waals surface area contributed by atoms with E-state index in [-0.39, 0.29) is 17.5 Å². The molecule has 2 fully saturated rings. The van der Waals surface area contributed by atoms with Crippen LogP contribution in [0.1, 0.15) is 53.7 Å². The lowest BCUT2D eigenvalue weighted by atomic mass is 9.76. The van der Waals surface area contributed by atoms with Crippen molar-refractivity contribution in [3.8, 4) is 17.2 Å². The number of likely N-dealkylation sites (tertiary alicyclic amines) is 2. The minimum absolute atomic E-state index is 0.0921. The average molecular weight is 744 g/mol. The number of halogens is 2. The summed E-state index contributed by atoms with van der Waals surface area (Å²) in [5, 5.41) is 4.87. The molecule has 10 nitrogen and oxygen atoms in total. The van der Waals surface area contributed by atoms with Crippen LogP contribution >= 0.6 is 23.2 Å². The molecule has 7 rings (SSSR count). The third-order valence-electron chi connectivity index (χ3n) is 10.6. The maximum atomic E-state index is 14.1. The quantitative estimate of drug-likeness (QED) is 0.138. The minimum atomic E-state index is -0.335. The van der Waals surface area contributed by atoms with Crippen LogP contribution in [0.15, 0.2) is 79.0 Å². The molecule has 1 N–H and O–H groups in total. The second-order valence-electron chi connectivity index (χ2n) is 13.6. The maximum absolute atomic E-state index is 14.1. The normalized spacial score (nSPS) is 19.2. The molecule has 2 atom stereocenters. The van der Waals surface area contributed by atoms with Crippen LogP contribution in [0.25, 0.3) is 11.0 Å². The van der Waals surface area contributed by atoms with E-state index in [1.165, 1.54) is 0 Å². The second-order valence-corrected chi connectivity index (χ2v) is 14.4. The average Bonchev–Trinajstić information content (AvgIpc) is 3.77. The zero-order valence-corrected chi connectivity index (χ0v) is 31.3. The number of anilines is 1. The molecule has 12 heteroatoms. The predicted molar refractivity (Wildman–Crippen MR) is 205 cm³/mol. The molecule has 0 radical (unpaired) electrons. The largest absolute Gasteiger partial charge is 0.493 e. The highest BCUT2D eigenvalue weighted by atomic mass is 35.5. The first-order chi connectivity index (χ1) is 25.3. The molecule has 1 amide bonds. The molecule has 0 spiro atoms. The van der Waals surface area contributed by atoms with E-state index >= 15 is 0 Å². The second kappa shape index (κ2) is 15.6.